The number of carbonyl (C=O) groups is 1. The van der Waals surface area contributed by atoms with E-state index in [9.17, 15) is 9.59 Å². The van der Waals surface area contributed by atoms with Gasteiger partial charge in [-0.15, -0.1) is 0 Å². The van der Waals surface area contributed by atoms with E-state index in [0.717, 1.165) is 11.0 Å². The van der Waals surface area contributed by atoms with Crippen LogP contribution >= 0.6 is 34.8 Å². The van der Waals surface area contributed by atoms with E-state index in [0.29, 0.717) is 18.0 Å². The highest BCUT2D eigenvalue weighted by Crippen LogP contribution is 2.33. The van der Waals surface area contributed by atoms with Crippen LogP contribution in [0.1, 0.15) is 6.42 Å². The van der Waals surface area contributed by atoms with Crippen LogP contribution in [0, 0.1) is 0 Å². The molecule has 0 fully saturated rings. The fourth-order valence-corrected chi connectivity index (χ4v) is 3.12. The molecule has 0 saturated carbocycles. The van der Waals surface area contributed by atoms with E-state index < -0.39 is 5.97 Å². The van der Waals surface area contributed by atoms with Crippen molar-refractivity contribution in [3.8, 4) is 5.75 Å². The second-order valence-corrected chi connectivity index (χ2v) is 6.88. The van der Waals surface area contributed by atoms with Gasteiger partial charge in [-0.05, 0) is 24.6 Å². The molecule has 1 aromatic heterocycles. The van der Waals surface area contributed by atoms with Crippen molar-refractivity contribution in [2.24, 2.45) is 0 Å². The summed E-state index contributed by atoms with van der Waals surface area (Å²) in [5.41, 5.74) is 1.39. The van der Waals surface area contributed by atoms with Gasteiger partial charge in [-0.25, -0.2) is 9.59 Å². The van der Waals surface area contributed by atoms with Crippen LogP contribution in [0.3, 0.4) is 0 Å². The zero-order chi connectivity index (χ0) is 19.4. The van der Waals surface area contributed by atoms with E-state index in [1.807, 2.05) is 24.3 Å². The highest BCUT2D eigenvalue weighted by Gasteiger charge is 2.11. The van der Waals surface area contributed by atoms with E-state index in [1.54, 1.807) is 4.57 Å². The number of H-pyrrole nitrogens is 1. The lowest BCUT2D eigenvalue weighted by Crippen LogP contribution is -2.19. The largest absolute Gasteiger partial charge is 0.480 e. The molecule has 9 heteroatoms. The molecule has 0 amide bonds. The van der Waals surface area contributed by atoms with Gasteiger partial charge in [-0.1, -0.05) is 46.9 Å². The standard InChI is InChI=1S/C18H15Cl3N2O4/c19-11-8-13(21)16(9-12(11)20)27-10-17(24)26-7-3-6-23-15-5-2-1-4-14(15)22-18(23)25/h1-2,4-5,8-9H,3,6-7,10H2,(H,22,25). The molecule has 1 N–H and O–H groups in total. The second-order valence-electron chi connectivity index (χ2n) is 5.66. The molecule has 1 heterocycles. The molecule has 2 aromatic carbocycles. The zero-order valence-electron chi connectivity index (χ0n) is 14.0. The van der Waals surface area contributed by atoms with Gasteiger partial charge in [0.25, 0.3) is 0 Å². The Morgan fingerprint density at radius 1 is 1.07 bits per heavy atom. The minimum Gasteiger partial charge on any atom is -0.480 e. The first kappa shape index (κ1) is 19.6. The first-order valence-electron chi connectivity index (χ1n) is 8.06. The highest BCUT2D eigenvalue weighted by atomic mass is 35.5. The molecule has 27 heavy (non-hydrogen) atoms. The number of aromatic nitrogens is 2. The highest BCUT2D eigenvalue weighted by molar-refractivity contribution is 6.43. The molecule has 3 aromatic rings. The summed E-state index contributed by atoms with van der Waals surface area (Å²) in [6.45, 7) is 0.267. The van der Waals surface area contributed by atoms with Crippen molar-refractivity contribution in [2.75, 3.05) is 13.2 Å². The third-order valence-electron chi connectivity index (χ3n) is 3.79. The number of carbonyl (C=O) groups excluding carboxylic acids is 1. The van der Waals surface area contributed by atoms with Crippen molar-refractivity contribution in [1.29, 1.82) is 0 Å². The third kappa shape index (κ3) is 4.77. The molecule has 0 radical (unpaired) electrons. The number of aromatic amines is 1. The summed E-state index contributed by atoms with van der Waals surface area (Å²) in [5, 5.41) is 0.814. The van der Waals surface area contributed by atoms with E-state index >= 15 is 0 Å². The van der Waals surface area contributed by atoms with Crippen molar-refractivity contribution in [1.82, 2.24) is 9.55 Å². The number of benzene rings is 2. The Labute approximate surface area is 169 Å². The minimum absolute atomic E-state index is 0.156. The van der Waals surface area contributed by atoms with Gasteiger partial charge in [0, 0.05) is 12.6 Å². The van der Waals surface area contributed by atoms with Crippen molar-refractivity contribution < 1.29 is 14.3 Å². The maximum Gasteiger partial charge on any atom is 0.344 e. The Balaban J connectivity index is 1.47. The van der Waals surface area contributed by atoms with E-state index in [4.69, 9.17) is 44.3 Å². The quantitative estimate of drug-likeness (QED) is 0.345. The van der Waals surface area contributed by atoms with Crippen LogP contribution < -0.4 is 10.4 Å². The summed E-state index contributed by atoms with van der Waals surface area (Å²) < 4.78 is 12.0. The summed E-state index contributed by atoms with van der Waals surface area (Å²) in [6.07, 6.45) is 0.487. The Morgan fingerprint density at radius 2 is 1.81 bits per heavy atom. The number of ether oxygens (including phenoxy) is 2. The lowest BCUT2D eigenvalue weighted by molar-refractivity contribution is -0.146. The molecule has 0 aliphatic rings. The smallest absolute Gasteiger partial charge is 0.344 e. The fraction of sp³-hybridized carbons (Fsp3) is 0.222. The molecule has 3 rings (SSSR count). The number of esters is 1. The molecule has 0 saturated heterocycles. The van der Waals surface area contributed by atoms with Gasteiger partial charge >= 0.3 is 11.7 Å². The van der Waals surface area contributed by atoms with Gasteiger partial charge in [-0.3, -0.25) is 4.57 Å². The number of imidazole rings is 1. The normalized spacial score (nSPS) is 10.9. The average molecular weight is 430 g/mol. The number of nitrogens with one attached hydrogen (secondary N) is 1. The van der Waals surface area contributed by atoms with E-state index in [-0.39, 0.29) is 34.7 Å². The number of para-hydroxylation sites is 2. The number of hydrogen-bond donors (Lipinski definition) is 1. The van der Waals surface area contributed by atoms with Crippen molar-refractivity contribution >= 4 is 51.8 Å². The van der Waals surface area contributed by atoms with Crippen molar-refractivity contribution in [3.63, 3.8) is 0 Å². The average Bonchev–Trinajstić information content (AvgIpc) is 2.96. The lowest BCUT2D eigenvalue weighted by Gasteiger charge is -2.09. The summed E-state index contributed by atoms with van der Waals surface area (Å²) in [4.78, 5) is 26.5. The predicted octanol–water partition coefficient (Wildman–Crippen LogP) is 4.30. The van der Waals surface area contributed by atoms with Gasteiger partial charge in [0.2, 0.25) is 0 Å². The van der Waals surface area contributed by atoms with Crippen LogP contribution in [0.4, 0.5) is 0 Å². The number of fused-ring (bicyclic) bond motifs is 1. The molecule has 0 atom stereocenters. The van der Waals surface area contributed by atoms with Crippen LogP contribution in [0.5, 0.6) is 5.75 Å². The van der Waals surface area contributed by atoms with Gasteiger partial charge in [-0.2, -0.15) is 0 Å². The van der Waals surface area contributed by atoms with Gasteiger partial charge in [0.1, 0.15) is 5.75 Å². The lowest BCUT2D eigenvalue weighted by atomic mass is 10.3. The molecule has 0 aliphatic carbocycles. The van der Waals surface area contributed by atoms with Gasteiger partial charge in [0.15, 0.2) is 6.61 Å². The van der Waals surface area contributed by atoms with Crippen LogP contribution in [0.2, 0.25) is 15.1 Å². The summed E-state index contributed by atoms with van der Waals surface area (Å²) in [7, 11) is 0. The maximum absolute atomic E-state index is 12.0. The first-order valence-corrected chi connectivity index (χ1v) is 9.19. The van der Waals surface area contributed by atoms with E-state index in [1.165, 1.54) is 12.1 Å². The van der Waals surface area contributed by atoms with Gasteiger partial charge in [0.05, 0.1) is 32.7 Å². The molecule has 0 unspecified atom stereocenters. The fourth-order valence-electron chi connectivity index (χ4n) is 2.53. The Kier molecular flexibility index (Phi) is 6.31. The number of aryl methyl sites for hydroxylation is 1. The minimum atomic E-state index is -0.552. The third-order valence-corrected chi connectivity index (χ3v) is 4.81. The monoisotopic (exact) mass is 428 g/mol. The topological polar surface area (TPSA) is 73.3 Å². The SMILES string of the molecule is O=C(COc1cc(Cl)c(Cl)cc1Cl)OCCCn1c(=O)[nH]c2ccccc21. The number of rotatable bonds is 7. The number of hydrogen-bond acceptors (Lipinski definition) is 4. The molecular weight excluding hydrogens is 415 g/mol. The number of halogens is 3. The van der Waals surface area contributed by atoms with Crippen LogP contribution in [-0.4, -0.2) is 28.7 Å². The van der Waals surface area contributed by atoms with Crippen LogP contribution in [-0.2, 0) is 16.1 Å². The molecule has 0 bridgehead atoms. The summed E-state index contributed by atoms with van der Waals surface area (Å²) in [6, 6.07) is 10.3. The summed E-state index contributed by atoms with van der Waals surface area (Å²) in [5.74, 6) is -0.309. The van der Waals surface area contributed by atoms with Gasteiger partial charge < -0.3 is 14.5 Å². The maximum atomic E-state index is 12.0. The molecule has 0 aliphatic heterocycles. The molecular formula is C18H15Cl3N2O4. The Morgan fingerprint density at radius 3 is 2.63 bits per heavy atom. The van der Waals surface area contributed by atoms with Crippen LogP contribution in [0.25, 0.3) is 11.0 Å². The van der Waals surface area contributed by atoms with Crippen LogP contribution in [0.15, 0.2) is 41.2 Å². The number of nitrogens with zero attached hydrogens (tertiary/aromatic N) is 1. The van der Waals surface area contributed by atoms with E-state index in [2.05, 4.69) is 4.98 Å². The zero-order valence-corrected chi connectivity index (χ0v) is 16.3. The Bertz CT molecular complexity index is 1030. The molecule has 6 nitrogen and oxygen atoms in total. The second kappa shape index (κ2) is 8.69. The Hall–Kier alpha value is -2.15. The first-order chi connectivity index (χ1) is 13.0. The summed E-state index contributed by atoms with van der Waals surface area (Å²) >= 11 is 17.7. The van der Waals surface area contributed by atoms with Crippen molar-refractivity contribution in [3.05, 3.63) is 62.0 Å². The molecule has 142 valence electrons. The van der Waals surface area contributed by atoms with Crippen molar-refractivity contribution in [2.45, 2.75) is 13.0 Å². The predicted molar refractivity (Wildman–Crippen MR) is 105 cm³/mol. The molecule has 0 spiro atoms.